The lowest BCUT2D eigenvalue weighted by Gasteiger charge is -2.35. The van der Waals surface area contributed by atoms with Gasteiger partial charge in [-0.1, -0.05) is 6.92 Å². The van der Waals surface area contributed by atoms with Gasteiger partial charge in [0.25, 0.3) is 0 Å². The van der Waals surface area contributed by atoms with Gasteiger partial charge in [-0.2, -0.15) is 0 Å². The summed E-state index contributed by atoms with van der Waals surface area (Å²) < 4.78 is 0. The van der Waals surface area contributed by atoms with E-state index >= 15 is 0 Å². The third-order valence-corrected chi connectivity index (χ3v) is 3.37. The van der Waals surface area contributed by atoms with E-state index in [-0.39, 0.29) is 5.91 Å². The van der Waals surface area contributed by atoms with E-state index in [2.05, 4.69) is 9.88 Å². The molecule has 1 aromatic heterocycles. The summed E-state index contributed by atoms with van der Waals surface area (Å²) in [7, 11) is 0. The number of anilines is 2. The largest absolute Gasteiger partial charge is 0.397 e. The Hall–Kier alpha value is -1.78. The third kappa shape index (κ3) is 2.55. The van der Waals surface area contributed by atoms with Gasteiger partial charge in [0.1, 0.15) is 5.82 Å². The Kier molecular flexibility index (Phi) is 3.69. The number of nitrogen functional groups attached to an aromatic ring is 1. The number of pyridine rings is 1. The Morgan fingerprint density at radius 3 is 2.56 bits per heavy atom. The smallest absolute Gasteiger partial charge is 0.222 e. The topological polar surface area (TPSA) is 62.5 Å². The van der Waals surface area contributed by atoms with Crippen LogP contribution < -0.4 is 10.6 Å². The van der Waals surface area contributed by atoms with Crippen molar-refractivity contribution in [3.63, 3.8) is 0 Å². The number of aromatic nitrogens is 1. The number of aryl methyl sites for hydroxylation is 1. The van der Waals surface area contributed by atoms with E-state index in [0.717, 1.165) is 43.4 Å². The second-order valence-corrected chi connectivity index (χ2v) is 4.57. The van der Waals surface area contributed by atoms with Gasteiger partial charge in [0.2, 0.25) is 5.91 Å². The van der Waals surface area contributed by atoms with Gasteiger partial charge in [-0.3, -0.25) is 4.79 Å². The van der Waals surface area contributed by atoms with E-state index < -0.39 is 0 Å². The molecule has 2 N–H and O–H groups in total. The molecule has 1 amide bonds. The predicted molar refractivity (Wildman–Crippen MR) is 72.5 cm³/mol. The molecule has 0 spiro atoms. The first kappa shape index (κ1) is 12.7. The molecule has 5 heteroatoms. The van der Waals surface area contributed by atoms with Crippen LogP contribution in [-0.4, -0.2) is 42.0 Å². The molecule has 1 saturated heterocycles. The SMILES string of the molecule is CCC(=O)N1CCN(c2ccc(N)c(C)n2)CC1. The molecule has 5 nitrogen and oxygen atoms in total. The van der Waals surface area contributed by atoms with Crippen LogP contribution in [0.3, 0.4) is 0 Å². The average Bonchev–Trinajstić information content (AvgIpc) is 2.41. The Balaban J connectivity index is 2.01. The van der Waals surface area contributed by atoms with Crippen molar-refractivity contribution in [1.29, 1.82) is 0 Å². The molecule has 0 atom stereocenters. The maximum absolute atomic E-state index is 11.6. The van der Waals surface area contributed by atoms with Gasteiger partial charge in [-0.05, 0) is 19.1 Å². The molecule has 2 rings (SSSR count). The summed E-state index contributed by atoms with van der Waals surface area (Å²) >= 11 is 0. The molecular weight excluding hydrogens is 228 g/mol. The zero-order valence-electron chi connectivity index (χ0n) is 11.0. The van der Waals surface area contributed by atoms with E-state index in [9.17, 15) is 4.79 Å². The number of nitrogens with zero attached hydrogens (tertiary/aromatic N) is 3. The zero-order chi connectivity index (χ0) is 13.1. The van der Waals surface area contributed by atoms with Crippen LogP contribution >= 0.6 is 0 Å². The molecule has 0 saturated carbocycles. The first-order valence-corrected chi connectivity index (χ1v) is 6.37. The zero-order valence-corrected chi connectivity index (χ0v) is 11.0. The quantitative estimate of drug-likeness (QED) is 0.849. The maximum Gasteiger partial charge on any atom is 0.222 e. The van der Waals surface area contributed by atoms with Crippen LogP contribution in [0.5, 0.6) is 0 Å². The van der Waals surface area contributed by atoms with Gasteiger partial charge in [-0.15, -0.1) is 0 Å². The molecule has 1 aliphatic rings. The van der Waals surface area contributed by atoms with Gasteiger partial charge in [0, 0.05) is 32.6 Å². The van der Waals surface area contributed by atoms with Gasteiger partial charge in [0.15, 0.2) is 0 Å². The number of rotatable bonds is 2. The Morgan fingerprint density at radius 2 is 2.00 bits per heavy atom. The summed E-state index contributed by atoms with van der Waals surface area (Å²) in [4.78, 5) is 20.2. The van der Waals surface area contributed by atoms with E-state index in [4.69, 9.17) is 5.73 Å². The van der Waals surface area contributed by atoms with E-state index in [1.165, 1.54) is 0 Å². The van der Waals surface area contributed by atoms with E-state index in [0.29, 0.717) is 6.42 Å². The first-order valence-electron chi connectivity index (χ1n) is 6.37. The van der Waals surface area contributed by atoms with Crippen LogP contribution in [0, 0.1) is 6.92 Å². The highest BCUT2D eigenvalue weighted by molar-refractivity contribution is 5.76. The van der Waals surface area contributed by atoms with Gasteiger partial charge < -0.3 is 15.5 Å². The minimum Gasteiger partial charge on any atom is -0.397 e. The van der Waals surface area contributed by atoms with Crippen molar-refractivity contribution in [2.75, 3.05) is 36.8 Å². The summed E-state index contributed by atoms with van der Waals surface area (Å²) in [5, 5.41) is 0. The molecule has 98 valence electrons. The number of amides is 1. The van der Waals surface area contributed by atoms with Crippen LogP contribution in [0.1, 0.15) is 19.0 Å². The molecule has 0 radical (unpaired) electrons. The van der Waals surface area contributed by atoms with Crippen molar-refractivity contribution in [3.05, 3.63) is 17.8 Å². The van der Waals surface area contributed by atoms with E-state index in [1.807, 2.05) is 30.9 Å². The summed E-state index contributed by atoms with van der Waals surface area (Å²) in [6.07, 6.45) is 0.583. The molecule has 0 unspecified atom stereocenters. The molecule has 0 aliphatic carbocycles. The molecule has 0 aromatic carbocycles. The molecule has 2 heterocycles. The standard InChI is InChI=1S/C13H20N4O/c1-3-13(18)17-8-6-16(7-9-17)12-5-4-11(14)10(2)15-12/h4-5H,3,6-9,14H2,1-2H3. The number of hydrogen-bond acceptors (Lipinski definition) is 4. The lowest BCUT2D eigenvalue weighted by atomic mass is 10.2. The van der Waals surface area contributed by atoms with Crippen molar-refractivity contribution in [1.82, 2.24) is 9.88 Å². The number of piperazine rings is 1. The minimum absolute atomic E-state index is 0.232. The fraction of sp³-hybridized carbons (Fsp3) is 0.538. The first-order chi connectivity index (χ1) is 8.61. The summed E-state index contributed by atoms with van der Waals surface area (Å²) in [6.45, 7) is 7.04. The van der Waals surface area contributed by atoms with Crippen LogP contribution in [0.25, 0.3) is 0 Å². The van der Waals surface area contributed by atoms with Crippen LogP contribution in [0.15, 0.2) is 12.1 Å². The Labute approximate surface area is 108 Å². The number of carbonyl (C=O) groups excluding carboxylic acids is 1. The van der Waals surface area contributed by atoms with E-state index in [1.54, 1.807) is 0 Å². The van der Waals surface area contributed by atoms with Crippen LogP contribution in [-0.2, 0) is 4.79 Å². The highest BCUT2D eigenvalue weighted by atomic mass is 16.2. The molecule has 1 fully saturated rings. The summed E-state index contributed by atoms with van der Waals surface area (Å²) in [5.41, 5.74) is 7.35. The lowest BCUT2D eigenvalue weighted by Crippen LogP contribution is -2.48. The average molecular weight is 248 g/mol. The van der Waals surface area contributed by atoms with Crippen molar-refractivity contribution in [2.24, 2.45) is 0 Å². The number of hydrogen-bond donors (Lipinski definition) is 1. The number of carbonyl (C=O) groups is 1. The van der Waals surface area contributed by atoms with Crippen molar-refractivity contribution in [2.45, 2.75) is 20.3 Å². The molecule has 18 heavy (non-hydrogen) atoms. The molecule has 1 aliphatic heterocycles. The summed E-state index contributed by atoms with van der Waals surface area (Å²) in [6, 6.07) is 3.83. The van der Waals surface area contributed by atoms with Crippen LogP contribution in [0.2, 0.25) is 0 Å². The third-order valence-electron chi connectivity index (χ3n) is 3.37. The Bertz CT molecular complexity index is 439. The number of nitrogens with two attached hydrogens (primary N) is 1. The Morgan fingerprint density at radius 1 is 1.33 bits per heavy atom. The van der Waals surface area contributed by atoms with Crippen molar-refractivity contribution in [3.8, 4) is 0 Å². The molecule has 1 aromatic rings. The van der Waals surface area contributed by atoms with Crippen LogP contribution in [0.4, 0.5) is 11.5 Å². The van der Waals surface area contributed by atoms with Crippen molar-refractivity contribution < 1.29 is 4.79 Å². The highest BCUT2D eigenvalue weighted by Gasteiger charge is 2.20. The monoisotopic (exact) mass is 248 g/mol. The lowest BCUT2D eigenvalue weighted by molar-refractivity contribution is -0.131. The normalized spacial score (nSPS) is 15.9. The minimum atomic E-state index is 0.232. The summed E-state index contributed by atoms with van der Waals surface area (Å²) in [5.74, 6) is 1.18. The predicted octanol–water partition coefficient (Wildman–Crippen LogP) is 1.03. The van der Waals surface area contributed by atoms with Gasteiger partial charge in [0.05, 0.1) is 11.4 Å². The van der Waals surface area contributed by atoms with Crippen molar-refractivity contribution >= 4 is 17.4 Å². The fourth-order valence-electron chi connectivity index (χ4n) is 2.14. The molecular formula is C13H20N4O. The highest BCUT2D eigenvalue weighted by Crippen LogP contribution is 2.17. The van der Waals surface area contributed by atoms with Gasteiger partial charge >= 0.3 is 0 Å². The second kappa shape index (κ2) is 5.25. The maximum atomic E-state index is 11.6. The molecule has 0 bridgehead atoms. The van der Waals surface area contributed by atoms with Gasteiger partial charge in [-0.25, -0.2) is 4.98 Å². The second-order valence-electron chi connectivity index (χ2n) is 4.57. The fourth-order valence-corrected chi connectivity index (χ4v) is 2.14.